The van der Waals surface area contributed by atoms with Gasteiger partial charge in [0.05, 0.1) is 12.6 Å². The monoisotopic (exact) mass is 477 g/mol. The normalized spacial score (nSPS) is 21.7. The molecule has 1 aromatic heterocycles. The van der Waals surface area contributed by atoms with Crippen LogP contribution < -0.4 is 21.7 Å². The Morgan fingerprint density at radius 2 is 1.91 bits per heavy atom. The van der Waals surface area contributed by atoms with E-state index in [1.54, 1.807) is 12.1 Å². The fourth-order valence-corrected chi connectivity index (χ4v) is 3.77. The van der Waals surface area contributed by atoms with Crippen LogP contribution in [0.4, 0.5) is 10.6 Å². The van der Waals surface area contributed by atoms with E-state index >= 15 is 0 Å². The van der Waals surface area contributed by atoms with Gasteiger partial charge in [0, 0.05) is 19.2 Å². The SMILES string of the molecule is CC(C)[C@H]1COCCCCCCCCC(NC(=O)N[C@@H](Cc2ccc(N)nc2)C(=O)O)C(=O)N1. The zero-order valence-corrected chi connectivity index (χ0v) is 20.2. The quantitative estimate of drug-likeness (QED) is 0.421. The van der Waals surface area contributed by atoms with Gasteiger partial charge in [-0.2, -0.15) is 0 Å². The maximum atomic E-state index is 13.0. The number of nitrogen functional groups attached to an aromatic ring is 1. The number of carboxylic acids is 1. The van der Waals surface area contributed by atoms with E-state index in [0.717, 1.165) is 38.5 Å². The molecule has 2 heterocycles. The van der Waals surface area contributed by atoms with E-state index in [0.29, 0.717) is 31.0 Å². The number of amides is 3. The minimum Gasteiger partial charge on any atom is -0.480 e. The number of urea groups is 1. The summed E-state index contributed by atoms with van der Waals surface area (Å²) in [5.41, 5.74) is 6.19. The number of carbonyl (C=O) groups is 3. The topological polar surface area (TPSA) is 156 Å². The van der Waals surface area contributed by atoms with Crippen LogP contribution in [-0.2, 0) is 20.7 Å². The van der Waals surface area contributed by atoms with Crippen molar-refractivity contribution in [2.45, 2.75) is 83.3 Å². The number of aliphatic carboxylic acids is 1. The second-order valence-corrected chi connectivity index (χ2v) is 9.20. The van der Waals surface area contributed by atoms with Crippen molar-refractivity contribution in [2.24, 2.45) is 5.92 Å². The summed E-state index contributed by atoms with van der Waals surface area (Å²) in [6, 6.07) is 0.419. The summed E-state index contributed by atoms with van der Waals surface area (Å²) in [5, 5.41) is 17.7. The van der Waals surface area contributed by atoms with Crippen molar-refractivity contribution in [1.29, 1.82) is 0 Å². The summed E-state index contributed by atoms with van der Waals surface area (Å²) >= 11 is 0. The largest absolute Gasteiger partial charge is 0.480 e. The molecule has 2 rings (SSSR count). The lowest BCUT2D eigenvalue weighted by Gasteiger charge is -2.26. The van der Waals surface area contributed by atoms with E-state index in [9.17, 15) is 19.5 Å². The predicted octanol–water partition coefficient (Wildman–Crippen LogP) is 2.23. The van der Waals surface area contributed by atoms with Crippen LogP contribution in [0.1, 0.15) is 64.4 Å². The highest BCUT2D eigenvalue weighted by Gasteiger charge is 2.27. The number of pyridine rings is 1. The lowest BCUT2D eigenvalue weighted by atomic mass is 10.0. The molecule has 1 aliphatic rings. The van der Waals surface area contributed by atoms with Gasteiger partial charge in [-0.1, -0.05) is 52.0 Å². The van der Waals surface area contributed by atoms with Gasteiger partial charge in [0.1, 0.15) is 17.9 Å². The predicted molar refractivity (Wildman–Crippen MR) is 129 cm³/mol. The van der Waals surface area contributed by atoms with Crippen molar-refractivity contribution in [2.75, 3.05) is 18.9 Å². The molecule has 1 unspecified atom stereocenters. The van der Waals surface area contributed by atoms with Gasteiger partial charge in [0.25, 0.3) is 0 Å². The van der Waals surface area contributed by atoms with E-state index in [4.69, 9.17) is 10.5 Å². The molecule has 190 valence electrons. The molecule has 0 aromatic carbocycles. The lowest BCUT2D eigenvalue weighted by Crippen LogP contribution is -2.56. The number of nitrogens with one attached hydrogen (secondary N) is 3. The number of rotatable bonds is 6. The Morgan fingerprint density at radius 1 is 1.21 bits per heavy atom. The van der Waals surface area contributed by atoms with Crippen LogP contribution in [0.2, 0.25) is 0 Å². The van der Waals surface area contributed by atoms with Gasteiger partial charge in [-0.15, -0.1) is 0 Å². The second kappa shape index (κ2) is 14.4. The molecule has 1 aliphatic heterocycles. The Hall–Kier alpha value is -2.88. The van der Waals surface area contributed by atoms with Crippen LogP contribution in [0.15, 0.2) is 18.3 Å². The van der Waals surface area contributed by atoms with Gasteiger partial charge in [0.15, 0.2) is 0 Å². The van der Waals surface area contributed by atoms with Crippen LogP contribution in [0.3, 0.4) is 0 Å². The summed E-state index contributed by atoms with van der Waals surface area (Å²) in [6.07, 6.45) is 8.05. The van der Waals surface area contributed by atoms with Crippen LogP contribution in [0.5, 0.6) is 0 Å². The Kier molecular flexibility index (Phi) is 11.6. The van der Waals surface area contributed by atoms with E-state index in [1.807, 2.05) is 13.8 Å². The molecule has 0 saturated carbocycles. The van der Waals surface area contributed by atoms with Crippen LogP contribution in [-0.4, -0.2) is 59.3 Å². The highest BCUT2D eigenvalue weighted by Crippen LogP contribution is 2.12. The summed E-state index contributed by atoms with van der Waals surface area (Å²) in [4.78, 5) is 41.4. The number of nitrogens with two attached hydrogens (primary N) is 1. The number of ether oxygens (including phenoxy) is 1. The van der Waals surface area contributed by atoms with Gasteiger partial charge < -0.3 is 31.5 Å². The highest BCUT2D eigenvalue weighted by molar-refractivity contribution is 5.89. The standard InChI is InChI=1S/C24H39N5O5/c1-16(2)20-15-34-12-8-6-4-3-5-7-9-18(22(30)27-20)28-24(33)29-19(23(31)32)13-17-10-11-21(25)26-14-17/h10-11,14,16,18-20H,3-9,12-13,15H2,1-2H3,(H2,25,26)(H,27,30)(H,31,32)(H2,28,29,33)/t18?,19-,20+/m0/s1. The molecule has 0 bridgehead atoms. The summed E-state index contributed by atoms with van der Waals surface area (Å²) in [5.74, 6) is -0.980. The molecule has 1 fully saturated rings. The van der Waals surface area contributed by atoms with E-state index in [2.05, 4.69) is 20.9 Å². The Morgan fingerprint density at radius 3 is 2.56 bits per heavy atom. The minimum atomic E-state index is -1.18. The molecule has 3 amide bonds. The van der Waals surface area contributed by atoms with E-state index in [1.165, 1.54) is 6.20 Å². The molecule has 10 heteroatoms. The van der Waals surface area contributed by atoms with Gasteiger partial charge in [-0.3, -0.25) is 4.79 Å². The van der Waals surface area contributed by atoms with Crippen molar-refractivity contribution < 1.29 is 24.2 Å². The summed E-state index contributed by atoms with van der Waals surface area (Å²) in [6.45, 7) is 5.11. The first kappa shape index (κ1) is 27.4. The molecule has 6 N–H and O–H groups in total. The molecule has 1 saturated heterocycles. The molecular formula is C24H39N5O5. The molecule has 0 aliphatic carbocycles. The average Bonchev–Trinajstić information content (AvgIpc) is 2.78. The highest BCUT2D eigenvalue weighted by atomic mass is 16.5. The zero-order valence-electron chi connectivity index (χ0n) is 20.2. The fourth-order valence-electron chi connectivity index (χ4n) is 3.77. The third-order valence-corrected chi connectivity index (χ3v) is 5.97. The Bertz CT molecular complexity index is 786. The molecule has 0 radical (unpaired) electrons. The molecule has 1 aromatic rings. The maximum absolute atomic E-state index is 13.0. The molecule has 34 heavy (non-hydrogen) atoms. The first-order chi connectivity index (χ1) is 16.3. The average molecular weight is 478 g/mol. The third kappa shape index (κ3) is 9.94. The number of hydrogen-bond acceptors (Lipinski definition) is 6. The van der Waals surface area contributed by atoms with E-state index < -0.39 is 24.1 Å². The lowest BCUT2D eigenvalue weighted by molar-refractivity contribution is -0.139. The summed E-state index contributed by atoms with van der Waals surface area (Å²) < 4.78 is 5.77. The molecule has 10 nitrogen and oxygen atoms in total. The smallest absolute Gasteiger partial charge is 0.326 e. The van der Waals surface area contributed by atoms with Gasteiger partial charge in [-0.25, -0.2) is 14.6 Å². The minimum absolute atomic E-state index is 0.0413. The van der Waals surface area contributed by atoms with Gasteiger partial charge >= 0.3 is 12.0 Å². The van der Waals surface area contributed by atoms with Crippen molar-refractivity contribution in [1.82, 2.24) is 20.9 Å². The zero-order chi connectivity index (χ0) is 24.9. The van der Waals surface area contributed by atoms with Crippen molar-refractivity contribution >= 4 is 23.7 Å². The second-order valence-electron chi connectivity index (χ2n) is 9.20. The Labute approximate surface area is 201 Å². The van der Waals surface area contributed by atoms with Crippen LogP contribution in [0, 0.1) is 5.92 Å². The van der Waals surface area contributed by atoms with Crippen molar-refractivity contribution in [3.8, 4) is 0 Å². The van der Waals surface area contributed by atoms with Crippen molar-refractivity contribution in [3.05, 3.63) is 23.9 Å². The first-order valence-electron chi connectivity index (χ1n) is 12.1. The number of carbonyl (C=O) groups excluding carboxylic acids is 2. The number of aromatic nitrogens is 1. The third-order valence-electron chi connectivity index (χ3n) is 5.97. The van der Waals surface area contributed by atoms with Crippen molar-refractivity contribution in [3.63, 3.8) is 0 Å². The summed E-state index contributed by atoms with van der Waals surface area (Å²) in [7, 11) is 0. The van der Waals surface area contributed by atoms with E-state index in [-0.39, 0.29) is 24.3 Å². The van der Waals surface area contributed by atoms with Gasteiger partial charge in [-0.05, 0) is 30.4 Å². The number of nitrogens with zero attached hydrogens (tertiary/aromatic N) is 1. The molecule has 0 spiro atoms. The van der Waals surface area contributed by atoms with Crippen LogP contribution in [0.25, 0.3) is 0 Å². The number of anilines is 1. The molecular weight excluding hydrogens is 438 g/mol. The Balaban J connectivity index is 2.03. The van der Waals surface area contributed by atoms with Crippen LogP contribution >= 0.6 is 0 Å². The van der Waals surface area contributed by atoms with Gasteiger partial charge in [0.2, 0.25) is 5.91 Å². The first-order valence-corrected chi connectivity index (χ1v) is 12.1. The number of hydrogen-bond donors (Lipinski definition) is 5. The number of carboxylic acid groups (broad SMARTS) is 1. The maximum Gasteiger partial charge on any atom is 0.326 e. The molecule has 3 atom stereocenters. The fraction of sp³-hybridized carbons (Fsp3) is 0.667.